The first kappa shape index (κ1) is 96.3. The van der Waals surface area contributed by atoms with Crippen molar-refractivity contribution in [3.63, 3.8) is 0 Å². The number of aliphatic hydroxyl groups excluding tert-OH is 2. The lowest BCUT2D eigenvalue weighted by molar-refractivity contribution is 0.0142. The zero-order chi connectivity index (χ0) is 90.3. The molecule has 3 aromatic heterocycles. The van der Waals surface area contributed by atoms with E-state index in [4.69, 9.17) is 78.0 Å². The van der Waals surface area contributed by atoms with E-state index < -0.39 is 12.2 Å². The van der Waals surface area contributed by atoms with E-state index in [2.05, 4.69) is 79.7 Å². The number of hydrogen-bond acceptors (Lipinski definition) is 22. The minimum absolute atomic E-state index is 0.00143. The van der Waals surface area contributed by atoms with Crippen molar-refractivity contribution in [2.45, 2.75) is 193 Å². The molecule has 22 heteroatoms. The third kappa shape index (κ3) is 27.5. The number of methoxy groups -OCH3 is 1. The van der Waals surface area contributed by atoms with Crippen LogP contribution in [-0.4, -0.2) is 148 Å². The van der Waals surface area contributed by atoms with Crippen LogP contribution in [0.3, 0.4) is 0 Å². The Bertz CT molecular complexity index is 5290. The first-order valence-corrected chi connectivity index (χ1v) is 44.2. The van der Waals surface area contributed by atoms with E-state index >= 15 is 0 Å². The molecule has 4 atom stereocenters. The smallest absolute Gasteiger partial charge is 0.167 e. The number of aliphatic hydroxyl groups is 2. The van der Waals surface area contributed by atoms with Gasteiger partial charge < -0.3 is 63.8 Å². The standard InChI is InChI=1S/C38H49N3O5.C36H44N3O4.C30H33N3O4/c1-6-10-12-26(8-3)24-45-30-18-20-32(34(42)22-30)37-39-36(28-14-16-29(44-5)17-15-28)40-38(41-37)33-21-19-31(23-35(33)43)46-25-27(9-4)13-11-7-2;1-7-9-10-27(8-2)20-42-21-28(40)22-43-29-13-16-32(33(41)19-29)36-38-34(30-14-11-23(3)17-25(30)5)37-35(39-36)31-15-12-24(4)18-26(31)6;1-6-36-16-22(34)17-37-23-9-12-26(27(35)15-23)30-32-28(24-10-7-18(2)13-20(24)4)31-29(33-30)25-11-8-19(3)14-21(25)5/h14-23,26-27,42-43H,6-13,24-25H2,1-5H3;11-19,28,40-41H,7-10,20-22H2,1-6H3;7-15,22,34-35H,6,16-17H2,1-5H3/q;-1;. The molecule has 666 valence electrons. The van der Waals surface area contributed by atoms with E-state index in [9.17, 15) is 30.6 Å². The van der Waals surface area contributed by atoms with Crippen LogP contribution in [0.15, 0.2) is 170 Å². The molecular weight excluding hydrogens is 1580 g/mol. The molecule has 0 saturated heterocycles. The summed E-state index contributed by atoms with van der Waals surface area (Å²) in [4.78, 5) is 43.0. The first-order chi connectivity index (χ1) is 60.8. The number of aromatic hydroxyl groups is 4. The number of phenolic OH excluding ortho intramolecular Hbond substituents is 4. The number of nitrogens with zero attached hydrogens (tertiary/aromatic N) is 9. The van der Waals surface area contributed by atoms with Gasteiger partial charge in [0.05, 0.1) is 55.8 Å². The highest BCUT2D eigenvalue weighted by Gasteiger charge is 2.24. The Balaban J connectivity index is 0.000000198. The Morgan fingerprint density at radius 3 is 0.873 bits per heavy atom. The van der Waals surface area contributed by atoms with Crippen molar-refractivity contribution in [2.75, 3.05) is 60.0 Å². The molecule has 0 fully saturated rings. The second kappa shape index (κ2) is 47.9. The molecular formula is C104H126N9O13-. The summed E-state index contributed by atoms with van der Waals surface area (Å²) in [5.41, 5.74) is 15.0. The largest absolute Gasteiger partial charge is 0.507 e. The van der Waals surface area contributed by atoms with Crippen LogP contribution in [-0.2, 0) is 9.47 Å². The summed E-state index contributed by atoms with van der Waals surface area (Å²) in [6.07, 6.45) is 11.8. The minimum Gasteiger partial charge on any atom is -0.507 e. The van der Waals surface area contributed by atoms with E-state index in [0.29, 0.717) is 130 Å². The SMILES string of the molecule is CCCCC(CC)COc1ccc(-c2nc(-c3ccc(OC)cc3)nc(-c3ccc(OCC(CC)CCCC)cc3O)n2)c(O)c1.CCCC[C-](CC)COCC(O)COc1ccc(-c2nc(-c3ccc(C)cc3C)nc(-c3ccc(C)cc3C)n2)c(O)c1.CCOCC(O)COc1ccc(-c2nc(-c3ccc(C)cc3C)nc(-c3ccc(C)cc3C)n2)c(O)c1. The predicted molar refractivity (Wildman–Crippen MR) is 500 cm³/mol. The summed E-state index contributed by atoms with van der Waals surface area (Å²) >= 11 is 0. The van der Waals surface area contributed by atoms with Crippen LogP contribution in [0.5, 0.6) is 51.7 Å². The van der Waals surface area contributed by atoms with E-state index in [0.717, 1.165) is 137 Å². The molecule has 3 heterocycles. The Morgan fingerprint density at radius 1 is 0.310 bits per heavy atom. The minimum atomic E-state index is -0.782. The van der Waals surface area contributed by atoms with Crippen molar-refractivity contribution < 1.29 is 63.8 Å². The average Bonchev–Trinajstić information content (AvgIpc) is 0.789. The van der Waals surface area contributed by atoms with Gasteiger partial charge in [0.2, 0.25) is 0 Å². The van der Waals surface area contributed by atoms with Crippen LogP contribution >= 0.6 is 0 Å². The van der Waals surface area contributed by atoms with Gasteiger partial charge in [0.15, 0.2) is 52.4 Å². The molecule has 0 saturated carbocycles. The monoisotopic (exact) mass is 1710 g/mol. The van der Waals surface area contributed by atoms with Gasteiger partial charge in [-0.2, -0.15) is 12.8 Å². The van der Waals surface area contributed by atoms with Gasteiger partial charge in [-0.25, -0.2) is 44.9 Å². The fraction of sp³-hybridized carbons (Fsp3) is 0.385. The summed E-state index contributed by atoms with van der Waals surface area (Å²) in [6, 6.07) is 52.3. The van der Waals surface area contributed by atoms with Crippen molar-refractivity contribution in [1.82, 2.24) is 44.9 Å². The van der Waals surface area contributed by atoms with Gasteiger partial charge in [-0.1, -0.05) is 195 Å². The maximum atomic E-state index is 11.1. The second-order valence-corrected chi connectivity index (χ2v) is 32.4. The lowest BCUT2D eigenvalue weighted by Gasteiger charge is -2.28. The first-order valence-electron chi connectivity index (χ1n) is 44.2. The zero-order valence-corrected chi connectivity index (χ0v) is 76.2. The number of phenols is 4. The molecule has 6 N–H and O–H groups in total. The number of ether oxygens (including phenoxy) is 7. The summed E-state index contributed by atoms with van der Waals surface area (Å²) in [5.74, 6) is 8.82. The quantitative estimate of drug-likeness (QED) is 0.0194. The average molecular weight is 1710 g/mol. The number of aromatic nitrogens is 9. The molecule has 0 aliphatic rings. The van der Waals surface area contributed by atoms with Crippen molar-refractivity contribution in [2.24, 2.45) is 11.8 Å². The van der Waals surface area contributed by atoms with Gasteiger partial charge in [-0.3, -0.25) is 5.92 Å². The van der Waals surface area contributed by atoms with Crippen molar-refractivity contribution in [1.29, 1.82) is 0 Å². The molecule has 0 aliphatic heterocycles. The van der Waals surface area contributed by atoms with Gasteiger partial charge in [0.1, 0.15) is 77.2 Å². The van der Waals surface area contributed by atoms with E-state index in [1.54, 1.807) is 55.6 Å². The van der Waals surface area contributed by atoms with Crippen LogP contribution in [0.2, 0.25) is 0 Å². The van der Waals surface area contributed by atoms with E-state index in [1.807, 2.05) is 133 Å². The summed E-state index contributed by atoms with van der Waals surface area (Å²) in [5, 5.41) is 64.5. The third-order valence-electron chi connectivity index (χ3n) is 22.0. The number of rotatable bonds is 41. The Labute approximate surface area is 744 Å². The molecule has 0 bridgehead atoms. The van der Waals surface area contributed by atoms with Gasteiger partial charge in [-0.05, 0) is 182 Å². The fourth-order valence-electron chi connectivity index (χ4n) is 14.5. The molecule has 0 radical (unpaired) electrons. The predicted octanol–water partition coefficient (Wildman–Crippen LogP) is 22.8. The van der Waals surface area contributed by atoms with Crippen LogP contribution in [0.1, 0.15) is 170 Å². The normalized spacial score (nSPS) is 12.2. The number of unbranched alkanes of at least 4 members (excludes halogenated alkanes) is 3. The molecule has 0 amide bonds. The van der Waals surface area contributed by atoms with Crippen molar-refractivity contribution in [3.05, 3.63) is 220 Å². The van der Waals surface area contributed by atoms with Crippen molar-refractivity contribution in [3.8, 4) is 154 Å². The van der Waals surface area contributed by atoms with Crippen LogP contribution in [0.25, 0.3) is 102 Å². The summed E-state index contributed by atoms with van der Waals surface area (Å²) < 4.78 is 39.8. The Kier molecular flexibility index (Phi) is 36.6. The van der Waals surface area contributed by atoms with Gasteiger partial charge >= 0.3 is 0 Å². The van der Waals surface area contributed by atoms with E-state index in [1.165, 1.54) is 30.9 Å². The molecule has 12 rings (SSSR count). The second-order valence-electron chi connectivity index (χ2n) is 32.4. The maximum Gasteiger partial charge on any atom is 0.167 e. The molecule has 126 heavy (non-hydrogen) atoms. The molecule has 0 aliphatic carbocycles. The zero-order valence-electron chi connectivity index (χ0n) is 76.2. The Morgan fingerprint density at radius 2 is 0.595 bits per heavy atom. The van der Waals surface area contributed by atoms with Crippen LogP contribution in [0, 0.1) is 73.1 Å². The highest BCUT2D eigenvalue weighted by atomic mass is 16.5. The topological polar surface area (TPSA) is 302 Å². The molecule has 22 nitrogen and oxygen atoms in total. The van der Waals surface area contributed by atoms with Gasteiger partial charge in [-0.15, -0.1) is 0 Å². The van der Waals surface area contributed by atoms with Gasteiger partial charge in [0, 0.05) is 58.7 Å². The maximum absolute atomic E-state index is 11.1. The van der Waals surface area contributed by atoms with E-state index in [-0.39, 0.29) is 61.1 Å². The van der Waals surface area contributed by atoms with Crippen molar-refractivity contribution >= 4 is 0 Å². The number of benzene rings is 9. The lowest BCUT2D eigenvalue weighted by atomic mass is 10.0. The molecule has 0 spiro atoms. The Hall–Kier alpha value is -12.0. The molecule has 4 unspecified atom stereocenters. The lowest BCUT2D eigenvalue weighted by Crippen LogP contribution is -2.24. The fourth-order valence-corrected chi connectivity index (χ4v) is 14.5. The molecule has 12 aromatic rings. The highest BCUT2D eigenvalue weighted by molar-refractivity contribution is 5.76. The van der Waals surface area contributed by atoms with Crippen LogP contribution < -0.4 is 23.7 Å². The summed E-state index contributed by atoms with van der Waals surface area (Å²) in [6.45, 7) is 34.0. The molecule has 9 aromatic carbocycles. The summed E-state index contributed by atoms with van der Waals surface area (Å²) in [7, 11) is 1.61. The highest BCUT2D eigenvalue weighted by Crippen LogP contribution is 2.40. The third-order valence-corrected chi connectivity index (χ3v) is 22.0. The van der Waals surface area contributed by atoms with Crippen LogP contribution in [0.4, 0.5) is 0 Å². The number of hydrogen-bond donors (Lipinski definition) is 6. The van der Waals surface area contributed by atoms with Gasteiger partial charge in [0.25, 0.3) is 0 Å². The number of aryl methyl sites for hydroxylation is 8.